The van der Waals surface area contributed by atoms with Gasteiger partial charge >= 0.3 is 0 Å². The lowest BCUT2D eigenvalue weighted by Crippen LogP contribution is -2.16. The Bertz CT molecular complexity index is 483. The minimum atomic E-state index is 0.165. The molecule has 18 heavy (non-hydrogen) atoms. The fourth-order valence-electron chi connectivity index (χ4n) is 1.71. The summed E-state index contributed by atoms with van der Waals surface area (Å²) >= 11 is 0. The number of aromatic nitrogens is 2. The summed E-state index contributed by atoms with van der Waals surface area (Å²) in [5.74, 6) is 0.668. The normalized spacial score (nSPS) is 10.5. The van der Waals surface area contributed by atoms with E-state index in [1.165, 1.54) is 0 Å². The lowest BCUT2D eigenvalue weighted by molar-refractivity contribution is 0.373. The average Bonchev–Trinajstić information content (AvgIpc) is 2.89. The van der Waals surface area contributed by atoms with E-state index in [4.69, 9.17) is 4.74 Å². The topological polar surface area (TPSA) is 70.2 Å². The third-order valence-electron chi connectivity index (χ3n) is 2.70. The molecule has 5 nitrogen and oxygen atoms in total. The van der Waals surface area contributed by atoms with Crippen molar-refractivity contribution in [2.24, 2.45) is 0 Å². The molecule has 0 amide bonds. The minimum absolute atomic E-state index is 0.165. The van der Waals surface area contributed by atoms with E-state index in [-0.39, 0.29) is 5.75 Å². The standard InChI is InChI=1S/C13H17N3O2/c1-18-13-6-10(2-3-12(13)17)7-14-5-4-11-8-15-9-16-11/h2-3,6,8-9,14,17H,4-5,7H2,1H3,(H,15,16). The van der Waals surface area contributed by atoms with Crippen LogP contribution in [0.3, 0.4) is 0 Å². The first-order valence-corrected chi connectivity index (χ1v) is 5.83. The number of imidazole rings is 1. The zero-order valence-electron chi connectivity index (χ0n) is 10.3. The second-order valence-electron chi connectivity index (χ2n) is 4.01. The van der Waals surface area contributed by atoms with Crippen LogP contribution in [-0.4, -0.2) is 28.7 Å². The summed E-state index contributed by atoms with van der Waals surface area (Å²) in [5, 5.41) is 12.8. The van der Waals surface area contributed by atoms with Gasteiger partial charge in [-0.3, -0.25) is 0 Å². The predicted molar refractivity (Wildman–Crippen MR) is 68.7 cm³/mol. The second-order valence-corrected chi connectivity index (χ2v) is 4.01. The summed E-state index contributed by atoms with van der Waals surface area (Å²) in [6.45, 7) is 1.61. The van der Waals surface area contributed by atoms with Gasteiger partial charge in [0.2, 0.25) is 0 Å². The van der Waals surface area contributed by atoms with E-state index in [1.54, 1.807) is 19.5 Å². The van der Waals surface area contributed by atoms with Gasteiger partial charge in [0.25, 0.3) is 0 Å². The summed E-state index contributed by atoms with van der Waals surface area (Å²) in [6, 6.07) is 5.35. The van der Waals surface area contributed by atoms with Gasteiger partial charge in [0.15, 0.2) is 11.5 Å². The van der Waals surface area contributed by atoms with Gasteiger partial charge in [-0.2, -0.15) is 0 Å². The molecule has 0 saturated carbocycles. The number of nitrogens with zero attached hydrogens (tertiary/aromatic N) is 1. The molecule has 2 aromatic rings. The Hall–Kier alpha value is -2.01. The monoisotopic (exact) mass is 247 g/mol. The van der Waals surface area contributed by atoms with E-state index in [0.717, 1.165) is 30.8 Å². The quantitative estimate of drug-likeness (QED) is 0.676. The van der Waals surface area contributed by atoms with Crippen LogP contribution in [0.15, 0.2) is 30.7 Å². The van der Waals surface area contributed by atoms with Gasteiger partial charge in [0.1, 0.15) is 0 Å². The van der Waals surface area contributed by atoms with Gasteiger partial charge in [-0.15, -0.1) is 0 Å². The molecule has 0 aliphatic carbocycles. The number of phenolic OH excluding ortho intramolecular Hbond substituents is 1. The molecule has 2 rings (SSSR count). The van der Waals surface area contributed by atoms with Crippen molar-refractivity contribution in [1.82, 2.24) is 15.3 Å². The number of phenols is 1. The van der Waals surface area contributed by atoms with Crippen LogP contribution >= 0.6 is 0 Å². The number of hydrogen-bond donors (Lipinski definition) is 3. The molecule has 0 unspecified atom stereocenters. The number of benzene rings is 1. The number of aromatic amines is 1. The Labute approximate surface area is 106 Å². The van der Waals surface area contributed by atoms with Gasteiger partial charge in [0.05, 0.1) is 13.4 Å². The molecule has 0 aliphatic heterocycles. The predicted octanol–water partition coefficient (Wildman–Crippen LogP) is 1.46. The third kappa shape index (κ3) is 3.24. The van der Waals surface area contributed by atoms with E-state index in [0.29, 0.717) is 5.75 Å². The van der Waals surface area contributed by atoms with Gasteiger partial charge in [-0.05, 0) is 17.7 Å². The molecule has 5 heteroatoms. The van der Waals surface area contributed by atoms with Crippen molar-refractivity contribution < 1.29 is 9.84 Å². The van der Waals surface area contributed by atoms with Crippen LogP contribution in [0, 0.1) is 0 Å². The Kier molecular flexibility index (Phi) is 4.20. The van der Waals surface area contributed by atoms with Crippen LogP contribution in [0.2, 0.25) is 0 Å². The van der Waals surface area contributed by atoms with Gasteiger partial charge in [-0.25, -0.2) is 4.98 Å². The molecule has 3 N–H and O–H groups in total. The highest BCUT2D eigenvalue weighted by Gasteiger charge is 2.02. The van der Waals surface area contributed by atoms with Crippen LogP contribution in [-0.2, 0) is 13.0 Å². The van der Waals surface area contributed by atoms with Gasteiger partial charge in [-0.1, -0.05) is 6.07 Å². The summed E-state index contributed by atoms with van der Waals surface area (Å²) < 4.78 is 5.06. The fraction of sp³-hybridized carbons (Fsp3) is 0.308. The largest absolute Gasteiger partial charge is 0.504 e. The highest BCUT2D eigenvalue weighted by molar-refractivity contribution is 5.41. The average molecular weight is 247 g/mol. The highest BCUT2D eigenvalue weighted by atomic mass is 16.5. The Morgan fingerprint density at radius 2 is 2.33 bits per heavy atom. The molecule has 96 valence electrons. The summed E-state index contributed by atoms with van der Waals surface area (Å²) in [7, 11) is 1.55. The van der Waals surface area contributed by atoms with Gasteiger partial charge in [0, 0.05) is 31.4 Å². The molecule has 1 aromatic heterocycles. The molecular formula is C13H17N3O2. The van der Waals surface area contributed by atoms with E-state index < -0.39 is 0 Å². The maximum Gasteiger partial charge on any atom is 0.160 e. The molecule has 0 radical (unpaired) electrons. The Morgan fingerprint density at radius 1 is 1.44 bits per heavy atom. The van der Waals surface area contributed by atoms with Crippen LogP contribution in [0.5, 0.6) is 11.5 Å². The highest BCUT2D eigenvalue weighted by Crippen LogP contribution is 2.25. The summed E-state index contributed by atoms with van der Waals surface area (Å²) in [4.78, 5) is 7.02. The smallest absolute Gasteiger partial charge is 0.160 e. The molecule has 0 aliphatic rings. The number of methoxy groups -OCH3 is 1. The number of nitrogens with one attached hydrogen (secondary N) is 2. The zero-order valence-corrected chi connectivity index (χ0v) is 10.3. The van der Waals surface area contributed by atoms with E-state index in [1.807, 2.05) is 18.3 Å². The number of aromatic hydroxyl groups is 1. The number of H-pyrrole nitrogens is 1. The Balaban J connectivity index is 1.79. The van der Waals surface area contributed by atoms with Crippen molar-refractivity contribution >= 4 is 0 Å². The van der Waals surface area contributed by atoms with Crippen LogP contribution in [0.25, 0.3) is 0 Å². The fourth-order valence-corrected chi connectivity index (χ4v) is 1.71. The maximum atomic E-state index is 9.48. The lowest BCUT2D eigenvalue weighted by Gasteiger charge is -2.07. The molecule has 0 spiro atoms. The second kappa shape index (κ2) is 6.07. The molecule has 1 aromatic carbocycles. The van der Waals surface area contributed by atoms with Crippen molar-refractivity contribution in [3.05, 3.63) is 42.0 Å². The number of rotatable bonds is 6. The van der Waals surface area contributed by atoms with Crippen molar-refractivity contribution in [2.75, 3.05) is 13.7 Å². The van der Waals surface area contributed by atoms with E-state index in [9.17, 15) is 5.11 Å². The van der Waals surface area contributed by atoms with Crippen molar-refractivity contribution in [3.8, 4) is 11.5 Å². The zero-order chi connectivity index (χ0) is 12.8. The first-order chi connectivity index (χ1) is 8.79. The first-order valence-electron chi connectivity index (χ1n) is 5.83. The van der Waals surface area contributed by atoms with Crippen molar-refractivity contribution in [1.29, 1.82) is 0 Å². The SMILES string of the molecule is COc1cc(CNCCc2cnc[nH]2)ccc1O. The van der Waals surface area contributed by atoms with Crippen molar-refractivity contribution in [3.63, 3.8) is 0 Å². The Morgan fingerprint density at radius 3 is 3.06 bits per heavy atom. The summed E-state index contributed by atoms with van der Waals surface area (Å²) in [6.07, 6.45) is 4.42. The number of hydrogen-bond acceptors (Lipinski definition) is 4. The van der Waals surface area contributed by atoms with Crippen LogP contribution in [0.4, 0.5) is 0 Å². The molecular weight excluding hydrogens is 230 g/mol. The minimum Gasteiger partial charge on any atom is -0.504 e. The molecule has 0 fully saturated rings. The maximum absolute atomic E-state index is 9.48. The van der Waals surface area contributed by atoms with Crippen LogP contribution < -0.4 is 10.1 Å². The van der Waals surface area contributed by atoms with E-state index in [2.05, 4.69) is 15.3 Å². The van der Waals surface area contributed by atoms with Crippen LogP contribution in [0.1, 0.15) is 11.3 Å². The lowest BCUT2D eigenvalue weighted by atomic mass is 10.2. The molecule has 1 heterocycles. The van der Waals surface area contributed by atoms with Gasteiger partial charge < -0.3 is 20.1 Å². The molecule has 0 bridgehead atoms. The number of ether oxygens (including phenoxy) is 1. The molecule has 0 atom stereocenters. The first kappa shape index (κ1) is 12.4. The molecule has 0 saturated heterocycles. The summed E-state index contributed by atoms with van der Waals surface area (Å²) in [5.41, 5.74) is 2.19. The van der Waals surface area contributed by atoms with Crippen molar-refractivity contribution in [2.45, 2.75) is 13.0 Å². The third-order valence-corrected chi connectivity index (χ3v) is 2.70. The van der Waals surface area contributed by atoms with E-state index >= 15 is 0 Å².